The Morgan fingerprint density at radius 2 is 1.86 bits per heavy atom. The van der Waals surface area contributed by atoms with E-state index in [1.165, 1.54) is 0 Å². The number of ether oxygens (including phenoxy) is 2. The van der Waals surface area contributed by atoms with E-state index in [4.69, 9.17) is 14.0 Å². The van der Waals surface area contributed by atoms with Crippen LogP contribution in [-0.4, -0.2) is 24.4 Å². The summed E-state index contributed by atoms with van der Waals surface area (Å²) in [5.74, 6) is 2.74. The van der Waals surface area contributed by atoms with Crippen molar-refractivity contribution in [2.75, 3.05) is 14.2 Å². The van der Waals surface area contributed by atoms with E-state index in [0.29, 0.717) is 18.3 Å². The molecule has 0 unspecified atom stereocenters. The Balaban J connectivity index is 2.13. The van der Waals surface area contributed by atoms with E-state index in [1.807, 2.05) is 12.1 Å². The Kier molecular flexibility index (Phi) is 5.38. The summed E-state index contributed by atoms with van der Waals surface area (Å²) in [6.07, 6.45) is 0.880. The van der Waals surface area contributed by atoms with E-state index in [2.05, 4.69) is 29.3 Å². The molecule has 1 heterocycles. The summed E-state index contributed by atoms with van der Waals surface area (Å²) in [6, 6.07) is 4.04. The minimum absolute atomic E-state index is 0.0601. The van der Waals surface area contributed by atoms with Crippen LogP contribution in [0.2, 0.25) is 0 Å². The van der Waals surface area contributed by atoms with Crippen LogP contribution in [0, 0.1) is 13.8 Å². The van der Waals surface area contributed by atoms with Gasteiger partial charge in [0.1, 0.15) is 0 Å². The van der Waals surface area contributed by atoms with E-state index in [1.54, 1.807) is 21.1 Å². The molecule has 0 bridgehead atoms. The molecular formula is C16H23N3O3. The lowest BCUT2D eigenvalue weighted by Crippen LogP contribution is -2.22. The van der Waals surface area contributed by atoms with Gasteiger partial charge in [-0.1, -0.05) is 12.1 Å². The van der Waals surface area contributed by atoms with Crippen LogP contribution in [0.25, 0.3) is 0 Å². The largest absolute Gasteiger partial charge is 0.493 e. The average Bonchev–Trinajstić information content (AvgIpc) is 2.95. The third-order valence-corrected chi connectivity index (χ3v) is 3.64. The average molecular weight is 305 g/mol. The van der Waals surface area contributed by atoms with Gasteiger partial charge in [0.05, 0.1) is 20.3 Å². The molecule has 6 heteroatoms. The minimum Gasteiger partial charge on any atom is -0.493 e. The van der Waals surface area contributed by atoms with Crippen molar-refractivity contribution in [1.29, 1.82) is 0 Å². The molecule has 0 spiro atoms. The maximum Gasteiger partial charge on any atom is 0.223 e. The van der Waals surface area contributed by atoms with E-state index in [9.17, 15) is 0 Å². The van der Waals surface area contributed by atoms with E-state index >= 15 is 0 Å². The number of methoxy groups -OCH3 is 2. The molecule has 2 aromatic rings. The second-order valence-electron chi connectivity index (χ2n) is 5.15. The third-order valence-electron chi connectivity index (χ3n) is 3.64. The van der Waals surface area contributed by atoms with Crippen molar-refractivity contribution < 1.29 is 14.0 Å². The number of rotatable bonds is 7. The highest BCUT2D eigenvalue weighted by Gasteiger charge is 2.16. The van der Waals surface area contributed by atoms with Gasteiger partial charge in [-0.25, -0.2) is 0 Å². The molecule has 1 aromatic heterocycles. The molecule has 1 aromatic carbocycles. The molecule has 0 saturated carbocycles. The lowest BCUT2D eigenvalue weighted by atomic mass is 10.1. The van der Waals surface area contributed by atoms with Gasteiger partial charge in [0, 0.05) is 13.5 Å². The summed E-state index contributed by atoms with van der Waals surface area (Å²) in [6.45, 7) is 6.63. The van der Waals surface area contributed by atoms with Crippen LogP contribution in [0.3, 0.4) is 0 Å². The first-order valence-corrected chi connectivity index (χ1v) is 7.34. The molecular weight excluding hydrogens is 282 g/mol. The predicted octanol–water partition coefficient (Wildman–Crippen LogP) is 2.94. The standard InChI is InChI=1S/C16H23N3O3/c1-6-13(16-18-11(3)22-19-16)17-9-12-8-15(21-5)14(20-4)7-10(12)2/h7-8,13,17H,6,9H2,1-5H3/t13-/m0/s1. The van der Waals surface area contributed by atoms with Crippen LogP contribution < -0.4 is 14.8 Å². The quantitative estimate of drug-likeness (QED) is 0.848. The van der Waals surface area contributed by atoms with Gasteiger partial charge < -0.3 is 19.3 Å². The van der Waals surface area contributed by atoms with Gasteiger partial charge in [0.15, 0.2) is 17.3 Å². The second-order valence-corrected chi connectivity index (χ2v) is 5.15. The number of nitrogens with one attached hydrogen (secondary N) is 1. The van der Waals surface area contributed by atoms with E-state index in [0.717, 1.165) is 29.0 Å². The maximum atomic E-state index is 5.36. The smallest absolute Gasteiger partial charge is 0.223 e. The monoisotopic (exact) mass is 305 g/mol. The molecule has 0 radical (unpaired) electrons. The van der Waals surface area contributed by atoms with Crippen LogP contribution in [0.1, 0.15) is 42.2 Å². The number of aromatic nitrogens is 2. The Bertz CT molecular complexity index is 625. The Labute approximate surface area is 130 Å². The highest BCUT2D eigenvalue weighted by molar-refractivity contribution is 5.47. The zero-order valence-electron chi connectivity index (χ0n) is 13.8. The van der Waals surface area contributed by atoms with E-state index in [-0.39, 0.29) is 6.04 Å². The summed E-state index contributed by atoms with van der Waals surface area (Å²) in [5, 5.41) is 7.45. The molecule has 1 N–H and O–H groups in total. The first-order valence-electron chi connectivity index (χ1n) is 7.34. The Hall–Kier alpha value is -2.08. The molecule has 0 saturated heterocycles. The molecule has 0 amide bonds. The minimum atomic E-state index is 0.0601. The number of hydrogen-bond acceptors (Lipinski definition) is 6. The molecule has 6 nitrogen and oxygen atoms in total. The summed E-state index contributed by atoms with van der Waals surface area (Å²) in [4.78, 5) is 4.29. The topological polar surface area (TPSA) is 69.4 Å². The molecule has 1 atom stereocenters. The zero-order chi connectivity index (χ0) is 16.1. The maximum absolute atomic E-state index is 5.36. The molecule has 0 fully saturated rings. The molecule has 2 rings (SSSR count). The van der Waals surface area contributed by atoms with Gasteiger partial charge in [0.25, 0.3) is 0 Å². The second kappa shape index (κ2) is 7.26. The van der Waals surface area contributed by atoms with Crippen molar-refractivity contribution in [3.8, 4) is 11.5 Å². The van der Waals surface area contributed by atoms with Crippen molar-refractivity contribution in [2.24, 2.45) is 0 Å². The van der Waals surface area contributed by atoms with Crippen LogP contribution in [0.15, 0.2) is 16.7 Å². The molecule has 120 valence electrons. The van der Waals surface area contributed by atoms with Crippen molar-refractivity contribution >= 4 is 0 Å². The van der Waals surface area contributed by atoms with Crippen molar-refractivity contribution in [3.05, 3.63) is 35.0 Å². The first kappa shape index (κ1) is 16.3. The van der Waals surface area contributed by atoms with Gasteiger partial charge in [0.2, 0.25) is 5.89 Å². The number of hydrogen-bond donors (Lipinski definition) is 1. The highest BCUT2D eigenvalue weighted by Crippen LogP contribution is 2.30. The van der Waals surface area contributed by atoms with Crippen LogP contribution in [0.4, 0.5) is 0 Å². The van der Waals surface area contributed by atoms with Crippen LogP contribution in [-0.2, 0) is 6.54 Å². The predicted molar refractivity (Wildman–Crippen MR) is 83.2 cm³/mol. The summed E-state index contributed by atoms with van der Waals surface area (Å²) >= 11 is 0. The zero-order valence-corrected chi connectivity index (χ0v) is 13.8. The van der Waals surface area contributed by atoms with Crippen LogP contribution >= 0.6 is 0 Å². The Morgan fingerprint density at radius 3 is 2.41 bits per heavy atom. The summed E-state index contributed by atoms with van der Waals surface area (Å²) in [5.41, 5.74) is 2.29. The lowest BCUT2D eigenvalue weighted by molar-refractivity contribution is 0.353. The molecule has 0 aliphatic heterocycles. The van der Waals surface area contributed by atoms with Crippen molar-refractivity contribution in [3.63, 3.8) is 0 Å². The Morgan fingerprint density at radius 1 is 1.18 bits per heavy atom. The first-order chi connectivity index (χ1) is 10.6. The van der Waals surface area contributed by atoms with Gasteiger partial charge in [-0.15, -0.1) is 0 Å². The fourth-order valence-corrected chi connectivity index (χ4v) is 2.32. The highest BCUT2D eigenvalue weighted by atomic mass is 16.5. The van der Waals surface area contributed by atoms with Crippen molar-refractivity contribution in [1.82, 2.24) is 15.5 Å². The third kappa shape index (κ3) is 3.57. The number of nitrogens with zero attached hydrogens (tertiary/aromatic N) is 2. The SMILES string of the molecule is CC[C@H](NCc1cc(OC)c(OC)cc1C)c1noc(C)n1. The number of benzene rings is 1. The summed E-state index contributed by atoms with van der Waals surface area (Å²) in [7, 11) is 3.28. The number of aryl methyl sites for hydroxylation is 2. The lowest BCUT2D eigenvalue weighted by Gasteiger charge is -2.16. The van der Waals surface area contributed by atoms with Gasteiger partial charge >= 0.3 is 0 Å². The van der Waals surface area contributed by atoms with Gasteiger partial charge in [-0.05, 0) is 36.6 Å². The van der Waals surface area contributed by atoms with Gasteiger partial charge in [-0.3, -0.25) is 0 Å². The molecule has 0 aliphatic carbocycles. The van der Waals surface area contributed by atoms with Crippen molar-refractivity contribution in [2.45, 2.75) is 39.8 Å². The normalized spacial score (nSPS) is 12.2. The molecule has 0 aliphatic rings. The molecule has 22 heavy (non-hydrogen) atoms. The van der Waals surface area contributed by atoms with E-state index < -0.39 is 0 Å². The van der Waals surface area contributed by atoms with Crippen LogP contribution in [0.5, 0.6) is 11.5 Å². The fourth-order valence-electron chi connectivity index (χ4n) is 2.32. The van der Waals surface area contributed by atoms with Gasteiger partial charge in [-0.2, -0.15) is 4.98 Å². The summed E-state index contributed by atoms with van der Waals surface area (Å²) < 4.78 is 15.7. The fraction of sp³-hybridized carbons (Fsp3) is 0.500.